The zero-order valence-electron chi connectivity index (χ0n) is 21.8. The molecule has 13 heteroatoms. The lowest BCUT2D eigenvalue weighted by Gasteiger charge is -2.22. The van der Waals surface area contributed by atoms with Crippen LogP contribution in [0.4, 0.5) is 14.5 Å². The molecule has 1 atom stereocenters. The zero-order valence-corrected chi connectivity index (χ0v) is 23.3. The molecule has 37 heavy (non-hydrogen) atoms. The summed E-state index contributed by atoms with van der Waals surface area (Å²) in [6.45, 7) is 7.47. The van der Waals surface area contributed by atoms with Crippen LogP contribution in [0.5, 0.6) is 0 Å². The number of ketones is 1. The number of carboxylic acid groups (broad SMARTS) is 1. The van der Waals surface area contributed by atoms with Gasteiger partial charge in [0.15, 0.2) is 0 Å². The highest BCUT2D eigenvalue weighted by Crippen LogP contribution is 2.23. The molecule has 0 aliphatic heterocycles. The standard InChI is InChI=1S/C15H21Cl2N5O.C6H12O.C3H4F2O2/c1-21-13-3-2-10(22(6-4-16)7-5-17)8-12(13)20-14(21)9-11(18)15(19)23;1-5(2)4-6(3)7;1-3(4,5)2(6)7/h2-3,8,11H,4-7,9,18H2,1H3,(H2,19,23);5H,4H2,1-3H3;1H3,(H,6,7). The normalized spacial score (nSPS) is 11.8. The van der Waals surface area contributed by atoms with Gasteiger partial charge >= 0.3 is 11.9 Å². The number of carbonyl (C=O) groups is 3. The molecule has 2 rings (SSSR count). The molecule has 0 aliphatic carbocycles. The maximum Gasteiger partial charge on any atom is 0.374 e. The Bertz CT molecular complexity index is 1020. The number of benzene rings is 1. The van der Waals surface area contributed by atoms with Crippen LogP contribution in [0.1, 0.15) is 39.9 Å². The summed E-state index contributed by atoms with van der Waals surface area (Å²) in [5.41, 5.74) is 13.8. The summed E-state index contributed by atoms with van der Waals surface area (Å²) in [5, 5.41) is 7.50. The summed E-state index contributed by atoms with van der Waals surface area (Å²) in [5.74, 6) is -3.62. The van der Waals surface area contributed by atoms with E-state index in [-0.39, 0.29) is 5.78 Å². The third kappa shape index (κ3) is 13.0. The van der Waals surface area contributed by atoms with Crippen molar-refractivity contribution in [3.63, 3.8) is 0 Å². The van der Waals surface area contributed by atoms with Crippen molar-refractivity contribution in [2.24, 2.45) is 24.4 Å². The van der Waals surface area contributed by atoms with E-state index in [1.165, 1.54) is 0 Å². The number of Topliss-reactive ketones (excluding diaryl/α,β-unsaturated/α-hetero) is 1. The van der Waals surface area contributed by atoms with Crippen molar-refractivity contribution >= 4 is 57.6 Å². The number of carboxylic acids is 1. The number of rotatable bonds is 11. The third-order valence-electron chi connectivity index (χ3n) is 4.87. The summed E-state index contributed by atoms with van der Waals surface area (Å²) in [6.07, 6.45) is 1.03. The molecule has 0 spiro atoms. The van der Waals surface area contributed by atoms with Crippen LogP contribution in [0.15, 0.2) is 18.2 Å². The molecule has 0 aliphatic rings. The van der Waals surface area contributed by atoms with E-state index in [9.17, 15) is 23.2 Å². The molecule has 2 aromatic rings. The van der Waals surface area contributed by atoms with Crippen molar-refractivity contribution in [3.05, 3.63) is 24.0 Å². The van der Waals surface area contributed by atoms with Gasteiger partial charge in [-0.1, -0.05) is 13.8 Å². The van der Waals surface area contributed by atoms with E-state index in [0.717, 1.165) is 29.0 Å². The van der Waals surface area contributed by atoms with E-state index in [2.05, 4.69) is 9.88 Å². The Labute approximate surface area is 226 Å². The smallest absolute Gasteiger partial charge is 0.374 e. The van der Waals surface area contributed by atoms with Gasteiger partial charge in [0.1, 0.15) is 11.6 Å². The number of aryl methyl sites for hydroxylation is 1. The second kappa shape index (κ2) is 16.4. The number of aliphatic carboxylic acids is 1. The molecule has 1 amide bonds. The van der Waals surface area contributed by atoms with Gasteiger partial charge in [0.2, 0.25) is 5.91 Å². The van der Waals surface area contributed by atoms with Crippen LogP contribution in [0, 0.1) is 5.92 Å². The number of halogens is 4. The average molecular weight is 568 g/mol. The van der Waals surface area contributed by atoms with E-state index < -0.39 is 23.8 Å². The summed E-state index contributed by atoms with van der Waals surface area (Å²) >= 11 is 11.7. The van der Waals surface area contributed by atoms with Gasteiger partial charge in [-0.15, -0.1) is 23.2 Å². The molecule has 0 saturated heterocycles. The van der Waals surface area contributed by atoms with Gasteiger partial charge in [-0.3, -0.25) is 4.79 Å². The Morgan fingerprint density at radius 3 is 2.05 bits per heavy atom. The average Bonchev–Trinajstić information content (AvgIpc) is 3.07. The predicted molar refractivity (Wildman–Crippen MR) is 144 cm³/mol. The molecule has 1 aromatic carbocycles. The van der Waals surface area contributed by atoms with Crippen molar-refractivity contribution < 1.29 is 28.3 Å². The van der Waals surface area contributed by atoms with Crippen LogP contribution < -0.4 is 16.4 Å². The van der Waals surface area contributed by atoms with Crippen LogP contribution in [0.3, 0.4) is 0 Å². The second-order valence-electron chi connectivity index (χ2n) is 8.83. The highest BCUT2D eigenvalue weighted by Gasteiger charge is 2.31. The first-order chi connectivity index (χ1) is 17.0. The minimum atomic E-state index is -3.58. The maximum absolute atomic E-state index is 11.2. The molecule has 1 unspecified atom stereocenters. The number of fused-ring (bicyclic) bond motifs is 1. The first kappa shape index (κ1) is 34.5. The summed E-state index contributed by atoms with van der Waals surface area (Å²) in [4.78, 5) is 37.4. The van der Waals surface area contributed by atoms with Crippen molar-refractivity contribution in [1.82, 2.24) is 9.55 Å². The number of anilines is 1. The summed E-state index contributed by atoms with van der Waals surface area (Å²) < 4.78 is 24.4. The largest absolute Gasteiger partial charge is 0.477 e. The first-order valence-corrected chi connectivity index (χ1v) is 12.6. The van der Waals surface area contributed by atoms with Crippen LogP contribution in [0.2, 0.25) is 0 Å². The molecule has 0 saturated carbocycles. The fraction of sp³-hybridized carbons (Fsp3) is 0.583. The van der Waals surface area contributed by atoms with Crippen molar-refractivity contribution in [2.75, 3.05) is 29.7 Å². The molecule has 1 heterocycles. The Kier molecular flexibility index (Phi) is 15.3. The molecular weight excluding hydrogens is 531 g/mol. The number of primary amides is 1. The van der Waals surface area contributed by atoms with Gasteiger partial charge in [-0.2, -0.15) is 8.78 Å². The Morgan fingerprint density at radius 1 is 1.19 bits per heavy atom. The number of hydrogen-bond acceptors (Lipinski definition) is 6. The fourth-order valence-electron chi connectivity index (χ4n) is 3.06. The van der Waals surface area contributed by atoms with Gasteiger partial charge in [-0.05, 0) is 31.0 Å². The van der Waals surface area contributed by atoms with Gasteiger partial charge in [0.25, 0.3) is 0 Å². The third-order valence-corrected chi connectivity index (χ3v) is 5.21. The molecule has 0 radical (unpaired) electrons. The van der Waals surface area contributed by atoms with Crippen molar-refractivity contribution in [3.8, 4) is 0 Å². The maximum atomic E-state index is 11.2. The number of amides is 1. The topological polar surface area (TPSA) is 145 Å². The minimum absolute atomic E-state index is 0.287. The molecule has 0 bridgehead atoms. The Balaban J connectivity index is 0.000000761. The molecule has 0 fully saturated rings. The number of alkyl halides is 4. The Hall–Kier alpha value is -2.50. The molecule has 9 nitrogen and oxygen atoms in total. The van der Waals surface area contributed by atoms with E-state index >= 15 is 0 Å². The quantitative estimate of drug-likeness (QED) is 0.352. The fourth-order valence-corrected chi connectivity index (χ4v) is 3.47. The van der Waals surface area contributed by atoms with E-state index in [1.807, 2.05) is 43.7 Å². The number of carbonyl (C=O) groups excluding carboxylic acids is 2. The number of aromatic nitrogens is 2. The molecular formula is C24H37Cl2F2N5O4. The first-order valence-electron chi connectivity index (χ1n) is 11.5. The number of nitrogens with two attached hydrogens (primary N) is 2. The minimum Gasteiger partial charge on any atom is -0.477 e. The van der Waals surface area contributed by atoms with Crippen LogP contribution >= 0.6 is 23.2 Å². The predicted octanol–water partition coefficient (Wildman–Crippen LogP) is 3.56. The van der Waals surface area contributed by atoms with E-state index in [4.69, 9.17) is 39.8 Å². The molecule has 1 aromatic heterocycles. The SMILES string of the molecule is CC(=O)CC(C)C.CC(F)(F)C(=O)O.Cn1c(CC(N)C(N)=O)nc2cc(N(CCCl)CCCl)ccc21. The van der Waals surface area contributed by atoms with Crippen molar-refractivity contribution in [1.29, 1.82) is 0 Å². The number of imidazole rings is 1. The van der Waals surface area contributed by atoms with Gasteiger partial charge < -0.3 is 30.8 Å². The van der Waals surface area contributed by atoms with E-state index in [0.29, 0.717) is 44.1 Å². The monoisotopic (exact) mass is 567 g/mol. The second-order valence-corrected chi connectivity index (χ2v) is 9.59. The van der Waals surface area contributed by atoms with Crippen LogP contribution in [-0.2, 0) is 27.9 Å². The van der Waals surface area contributed by atoms with Gasteiger partial charge in [0.05, 0.1) is 17.1 Å². The molecule has 5 N–H and O–H groups in total. The lowest BCUT2D eigenvalue weighted by molar-refractivity contribution is -0.161. The summed E-state index contributed by atoms with van der Waals surface area (Å²) in [7, 11) is 1.90. The highest BCUT2D eigenvalue weighted by atomic mass is 35.5. The molecule has 210 valence electrons. The van der Waals surface area contributed by atoms with Gasteiger partial charge in [0, 0.05) is 57.3 Å². The summed E-state index contributed by atoms with van der Waals surface area (Å²) in [6, 6.07) is 5.26. The van der Waals surface area contributed by atoms with Crippen LogP contribution in [-0.4, -0.2) is 69.1 Å². The Morgan fingerprint density at radius 2 is 1.70 bits per heavy atom. The number of nitrogens with zero attached hydrogens (tertiary/aromatic N) is 3. The number of hydrogen-bond donors (Lipinski definition) is 3. The van der Waals surface area contributed by atoms with Crippen LogP contribution in [0.25, 0.3) is 11.0 Å². The van der Waals surface area contributed by atoms with Gasteiger partial charge in [-0.25, -0.2) is 9.78 Å². The van der Waals surface area contributed by atoms with E-state index in [1.54, 1.807) is 6.92 Å². The lowest BCUT2D eigenvalue weighted by atomic mass is 10.1. The highest BCUT2D eigenvalue weighted by molar-refractivity contribution is 6.18. The lowest BCUT2D eigenvalue weighted by Crippen LogP contribution is -2.38. The van der Waals surface area contributed by atoms with Crippen molar-refractivity contribution in [2.45, 2.75) is 52.5 Å². The zero-order chi connectivity index (χ0) is 28.9.